The lowest BCUT2D eigenvalue weighted by Crippen LogP contribution is -2.37. The number of nitrogens with zero attached hydrogens (tertiary/aromatic N) is 2. The van der Waals surface area contributed by atoms with Crippen molar-refractivity contribution in [2.24, 2.45) is 0 Å². The lowest BCUT2D eigenvalue weighted by Gasteiger charge is -2.23. The van der Waals surface area contributed by atoms with Crippen LogP contribution in [0.4, 0.5) is 5.69 Å². The molecular weight excluding hydrogens is 362 g/mol. The Balaban J connectivity index is 1.70. The van der Waals surface area contributed by atoms with Crippen LogP contribution in [0.15, 0.2) is 54.6 Å². The molecule has 1 aliphatic rings. The number of amides is 2. The number of ether oxygens (including phenoxy) is 1. The van der Waals surface area contributed by atoms with Gasteiger partial charge in [-0.3, -0.25) is 14.5 Å². The highest BCUT2D eigenvalue weighted by molar-refractivity contribution is 7.80. The minimum atomic E-state index is -0.610. The zero-order valence-corrected chi connectivity index (χ0v) is 16.0. The normalized spacial score (nSPS) is 16.6. The van der Waals surface area contributed by atoms with Gasteiger partial charge >= 0.3 is 0 Å². The minimum Gasteiger partial charge on any atom is -0.497 e. The van der Waals surface area contributed by atoms with Crippen LogP contribution in [0.3, 0.4) is 0 Å². The van der Waals surface area contributed by atoms with Gasteiger partial charge in [0.2, 0.25) is 5.91 Å². The first-order valence-electron chi connectivity index (χ1n) is 8.55. The van der Waals surface area contributed by atoms with Gasteiger partial charge in [0, 0.05) is 19.3 Å². The number of thiocarbonyl (C=S) groups is 1. The molecule has 0 spiro atoms. The van der Waals surface area contributed by atoms with Crippen molar-refractivity contribution in [3.63, 3.8) is 0 Å². The highest BCUT2D eigenvalue weighted by Crippen LogP contribution is 2.23. The molecule has 1 N–H and O–H groups in total. The van der Waals surface area contributed by atoms with E-state index < -0.39 is 6.04 Å². The van der Waals surface area contributed by atoms with E-state index in [4.69, 9.17) is 17.0 Å². The summed E-state index contributed by atoms with van der Waals surface area (Å²) in [5.74, 6) is 0.301. The summed E-state index contributed by atoms with van der Waals surface area (Å²) in [7, 11) is 3.23. The molecule has 2 amide bonds. The van der Waals surface area contributed by atoms with Crippen LogP contribution < -0.4 is 10.1 Å². The second-order valence-electron chi connectivity index (χ2n) is 6.29. The van der Waals surface area contributed by atoms with Crippen LogP contribution in [0, 0.1) is 0 Å². The maximum atomic E-state index is 12.6. The molecule has 27 heavy (non-hydrogen) atoms. The summed E-state index contributed by atoms with van der Waals surface area (Å²) in [6.45, 7) is 0.482. The van der Waals surface area contributed by atoms with Gasteiger partial charge in [0.1, 0.15) is 11.8 Å². The molecule has 1 heterocycles. The van der Waals surface area contributed by atoms with Crippen LogP contribution in [0.2, 0.25) is 0 Å². The third kappa shape index (κ3) is 4.25. The van der Waals surface area contributed by atoms with Gasteiger partial charge in [-0.2, -0.15) is 0 Å². The molecule has 1 unspecified atom stereocenters. The second-order valence-corrected chi connectivity index (χ2v) is 6.66. The molecular formula is C20H21N3O3S. The number of carbonyl (C=O) groups excluding carboxylic acids is 2. The number of likely N-dealkylation sites (N-methyl/N-ethyl adjacent to an activating group) is 1. The van der Waals surface area contributed by atoms with Gasteiger partial charge in [-0.15, -0.1) is 0 Å². The van der Waals surface area contributed by atoms with E-state index in [1.807, 2.05) is 30.3 Å². The molecule has 0 saturated carbocycles. The summed E-state index contributed by atoms with van der Waals surface area (Å²) in [4.78, 5) is 28.3. The Labute approximate surface area is 163 Å². The van der Waals surface area contributed by atoms with Crippen LogP contribution >= 0.6 is 12.2 Å². The third-order valence-electron chi connectivity index (χ3n) is 4.47. The number of rotatable bonds is 6. The number of methoxy groups -OCH3 is 1. The van der Waals surface area contributed by atoms with Crippen LogP contribution in [0.5, 0.6) is 5.75 Å². The van der Waals surface area contributed by atoms with Crippen molar-refractivity contribution in [2.75, 3.05) is 19.5 Å². The SMILES string of the molecule is COc1ccc(NC(=O)CC2C(=O)N(C)C(=S)N2Cc2ccccc2)cc1. The predicted octanol–water partition coefficient (Wildman–Crippen LogP) is 2.65. The van der Waals surface area contributed by atoms with E-state index in [2.05, 4.69) is 5.32 Å². The number of hydrogen-bond donors (Lipinski definition) is 1. The van der Waals surface area contributed by atoms with Crippen molar-refractivity contribution >= 4 is 34.8 Å². The molecule has 1 atom stereocenters. The van der Waals surface area contributed by atoms with Gasteiger partial charge in [-0.05, 0) is 42.0 Å². The second kappa shape index (κ2) is 8.18. The molecule has 2 aromatic rings. The molecule has 6 nitrogen and oxygen atoms in total. The van der Waals surface area contributed by atoms with Crippen molar-refractivity contribution in [1.29, 1.82) is 0 Å². The van der Waals surface area contributed by atoms with Gasteiger partial charge in [0.05, 0.1) is 13.5 Å². The van der Waals surface area contributed by atoms with E-state index >= 15 is 0 Å². The Morgan fingerprint density at radius 2 is 1.81 bits per heavy atom. The molecule has 3 rings (SSSR count). The van der Waals surface area contributed by atoms with E-state index in [9.17, 15) is 9.59 Å². The van der Waals surface area contributed by atoms with Crippen LogP contribution in [0.1, 0.15) is 12.0 Å². The topological polar surface area (TPSA) is 61.9 Å². The first kappa shape index (κ1) is 18.8. The zero-order valence-electron chi connectivity index (χ0n) is 15.2. The maximum Gasteiger partial charge on any atom is 0.251 e. The lowest BCUT2D eigenvalue weighted by molar-refractivity contribution is -0.130. The predicted molar refractivity (Wildman–Crippen MR) is 107 cm³/mol. The summed E-state index contributed by atoms with van der Waals surface area (Å²) < 4.78 is 5.11. The van der Waals surface area contributed by atoms with Crippen LogP contribution in [0.25, 0.3) is 0 Å². The Morgan fingerprint density at radius 1 is 1.15 bits per heavy atom. The lowest BCUT2D eigenvalue weighted by atomic mass is 10.1. The summed E-state index contributed by atoms with van der Waals surface area (Å²) in [6.07, 6.45) is 0.0299. The summed E-state index contributed by atoms with van der Waals surface area (Å²) in [5.41, 5.74) is 1.68. The van der Waals surface area contributed by atoms with Crippen molar-refractivity contribution in [3.05, 3.63) is 60.2 Å². The molecule has 0 radical (unpaired) electrons. The van der Waals surface area contributed by atoms with Gasteiger partial charge < -0.3 is 15.0 Å². The first-order valence-corrected chi connectivity index (χ1v) is 8.96. The Kier molecular flexibility index (Phi) is 5.71. The van der Waals surface area contributed by atoms with Crippen LogP contribution in [-0.2, 0) is 16.1 Å². The molecule has 0 aromatic heterocycles. The fourth-order valence-electron chi connectivity index (χ4n) is 2.99. The summed E-state index contributed by atoms with van der Waals surface area (Å²) >= 11 is 5.41. The monoisotopic (exact) mass is 383 g/mol. The van der Waals surface area contributed by atoms with E-state index in [0.29, 0.717) is 23.1 Å². The standard InChI is InChI=1S/C20H21N3O3S/c1-22-19(25)17(23(20(22)27)13-14-6-4-3-5-7-14)12-18(24)21-15-8-10-16(26-2)11-9-15/h3-11,17H,12-13H2,1-2H3,(H,21,24). The quantitative estimate of drug-likeness (QED) is 0.777. The first-order chi connectivity index (χ1) is 13.0. The highest BCUT2D eigenvalue weighted by Gasteiger charge is 2.41. The Hall–Kier alpha value is -2.93. The Morgan fingerprint density at radius 3 is 2.44 bits per heavy atom. The number of hydrogen-bond acceptors (Lipinski definition) is 4. The maximum absolute atomic E-state index is 12.6. The average Bonchev–Trinajstić information content (AvgIpc) is 2.88. The van der Waals surface area contributed by atoms with Crippen molar-refractivity contribution < 1.29 is 14.3 Å². The number of benzene rings is 2. The van der Waals surface area contributed by atoms with E-state index in [-0.39, 0.29) is 18.2 Å². The molecule has 1 fully saturated rings. The third-order valence-corrected chi connectivity index (χ3v) is 4.98. The van der Waals surface area contributed by atoms with E-state index in [1.165, 1.54) is 4.90 Å². The minimum absolute atomic E-state index is 0.0299. The van der Waals surface area contributed by atoms with Crippen LogP contribution in [-0.4, -0.2) is 46.9 Å². The largest absolute Gasteiger partial charge is 0.497 e. The molecule has 0 bridgehead atoms. The zero-order chi connectivity index (χ0) is 19.4. The van der Waals surface area contributed by atoms with E-state index in [0.717, 1.165) is 5.56 Å². The highest BCUT2D eigenvalue weighted by atomic mass is 32.1. The smallest absolute Gasteiger partial charge is 0.251 e. The Bertz CT molecular complexity index is 839. The molecule has 140 valence electrons. The van der Waals surface area contributed by atoms with Gasteiger partial charge in [-0.1, -0.05) is 30.3 Å². The average molecular weight is 383 g/mol. The van der Waals surface area contributed by atoms with Gasteiger partial charge in [0.15, 0.2) is 5.11 Å². The summed E-state index contributed by atoms with van der Waals surface area (Å²) in [6, 6.07) is 16.2. The summed E-state index contributed by atoms with van der Waals surface area (Å²) in [5, 5.41) is 3.26. The van der Waals surface area contributed by atoms with Crippen molar-refractivity contribution in [3.8, 4) is 5.75 Å². The number of carbonyl (C=O) groups is 2. The molecule has 0 aliphatic carbocycles. The fourth-order valence-corrected chi connectivity index (χ4v) is 3.28. The van der Waals surface area contributed by atoms with Gasteiger partial charge in [-0.25, -0.2) is 0 Å². The van der Waals surface area contributed by atoms with Gasteiger partial charge in [0.25, 0.3) is 5.91 Å². The molecule has 7 heteroatoms. The molecule has 1 saturated heterocycles. The van der Waals surface area contributed by atoms with Crippen molar-refractivity contribution in [2.45, 2.75) is 19.0 Å². The van der Waals surface area contributed by atoms with Crippen molar-refractivity contribution in [1.82, 2.24) is 9.80 Å². The number of nitrogens with one attached hydrogen (secondary N) is 1. The number of anilines is 1. The van der Waals surface area contributed by atoms with E-state index in [1.54, 1.807) is 43.3 Å². The molecule has 2 aromatic carbocycles. The molecule has 1 aliphatic heterocycles. The fraction of sp³-hybridized carbons (Fsp3) is 0.250.